The van der Waals surface area contributed by atoms with Gasteiger partial charge in [0.25, 0.3) is 0 Å². The van der Waals surface area contributed by atoms with Gasteiger partial charge in [-0.15, -0.1) is 0 Å². The third kappa shape index (κ3) is 29.3. The molecule has 92 heavy (non-hydrogen) atoms. The first kappa shape index (κ1) is 83.0. The van der Waals surface area contributed by atoms with E-state index in [0.717, 1.165) is 22.6 Å². The zero-order valence-corrected chi connectivity index (χ0v) is 64.1. The normalized spacial score (nSPS) is 10.6. The topological polar surface area (TPSA) is 48.4 Å². The van der Waals surface area contributed by atoms with Crippen molar-refractivity contribution in [3.63, 3.8) is 0 Å². The van der Waals surface area contributed by atoms with Crippen molar-refractivity contribution in [2.24, 2.45) is 0 Å². The molecule has 0 saturated heterocycles. The van der Waals surface area contributed by atoms with Crippen molar-refractivity contribution in [1.82, 2.24) is 4.98 Å². The fraction of sp³-hybridized carbons (Fsp3) is 0.455. The van der Waals surface area contributed by atoms with Gasteiger partial charge in [-0.3, -0.25) is 9.78 Å². The molecule has 0 aliphatic heterocycles. The SMILES string of the molecule is CC(=O)c1cc(C(C)C)ccc1C.CC(C)c1cccnc1.COc1cc(C)c(C)cc1C(C)C.COc1ccc(C)cc1C(C)C.Cc1cc(C)c(C(C)C)cc1C.Cc1ccc(C(C)C)cc1C.Cc1ccc(C)c(C(C)C)c1.Cc1ccc(C)c(C(C)C)c1. The molecule has 1 aromatic heterocycles. The van der Waals surface area contributed by atoms with E-state index in [4.69, 9.17) is 9.47 Å². The van der Waals surface area contributed by atoms with Crippen molar-refractivity contribution >= 4 is 5.78 Å². The van der Waals surface area contributed by atoms with E-state index in [2.05, 4.69) is 302 Å². The number of hydrogen-bond acceptors (Lipinski definition) is 4. The molecule has 8 aromatic rings. The number of nitrogens with zero attached hydrogens (tertiary/aromatic N) is 1. The molecule has 4 nitrogen and oxygen atoms in total. The Morgan fingerprint density at radius 2 is 0.652 bits per heavy atom. The lowest BCUT2D eigenvalue weighted by Crippen LogP contribution is -1.98. The molecule has 8 rings (SSSR count). The third-order valence-electron chi connectivity index (χ3n) is 16.9. The minimum absolute atomic E-state index is 0.153. The summed E-state index contributed by atoms with van der Waals surface area (Å²) < 4.78 is 10.6. The highest BCUT2D eigenvalue weighted by Crippen LogP contribution is 2.30. The van der Waals surface area contributed by atoms with Gasteiger partial charge in [0, 0.05) is 18.0 Å². The number of aryl methyl sites for hydroxylation is 13. The van der Waals surface area contributed by atoms with E-state index in [1.54, 1.807) is 27.3 Å². The molecular formula is C88H127NO3. The van der Waals surface area contributed by atoms with Crippen LogP contribution in [0.1, 0.15) is 292 Å². The van der Waals surface area contributed by atoms with Gasteiger partial charge >= 0.3 is 0 Å². The van der Waals surface area contributed by atoms with Crippen molar-refractivity contribution in [3.8, 4) is 11.5 Å². The molecule has 1 heterocycles. The van der Waals surface area contributed by atoms with Gasteiger partial charge in [0.1, 0.15) is 11.5 Å². The van der Waals surface area contributed by atoms with Crippen molar-refractivity contribution in [2.45, 2.75) is 255 Å². The molecule has 0 aliphatic rings. The summed E-state index contributed by atoms with van der Waals surface area (Å²) >= 11 is 0. The van der Waals surface area contributed by atoms with Gasteiger partial charge in [-0.1, -0.05) is 231 Å². The third-order valence-corrected chi connectivity index (χ3v) is 16.9. The Morgan fingerprint density at radius 1 is 0.304 bits per heavy atom. The number of carbonyl (C=O) groups excluding carboxylic acids is 1. The second-order valence-corrected chi connectivity index (χ2v) is 27.9. The number of hydrogen-bond donors (Lipinski definition) is 0. The van der Waals surface area contributed by atoms with Gasteiger partial charge in [-0.2, -0.15) is 0 Å². The Kier molecular flexibility index (Phi) is 37.5. The zero-order valence-electron chi connectivity index (χ0n) is 64.1. The van der Waals surface area contributed by atoms with Crippen LogP contribution in [0.25, 0.3) is 0 Å². The standard InChI is InChI=1S/C12H18O.C12H16O.C12H18.C11H16O.3C11H16.C8H11N/c1-8(2)11-6-9(3)10(4)7-12(11)13-5;1-8(2)11-6-5-9(3)12(7-11)10(4)13;1-8(2)12-7-10(4)9(3)6-11(12)5;1-8(2)10-7-9(3)5-6-11(10)12-4;1-8(2)11-6-5-9(3)10(4)7-11;2*1-8(2)11-7-9(3)5-6-10(11)4;1-7(2)8-4-3-5-9-6-8/h6-8H,1-5H3;5-8H,1-4H3;6-8H,1-5H3;5-8H,1-4H3;3*5-8H,1-4H3;3-7H,1-2H3. The number of ether oxygens (including phenoxy) is 2. The maximum absolute atomic E-state index is 11.2. The first-order chi connectivity index (χ1) is 42.9. The lowest BCUT2D eigenvalue weighted by atomic mass is 9.94. The van der Waals surface area contributed by atoms with Crippen molar-refractivity contribution in [2.75, 3.05) is 14.2 Å². The molecule has 0 saturated carbocycles. The molecule has 0 aliphatic carbocycles. The summed E-state index contributed by atoms with van der Waals surface area (Å²) in [6.07, 6.45) is 3.70. The smallest absolute Gasteiger partial charge is 0.160 e. The monoisotopic (exact) mass is 1250 g/mol. The van der Waals surface area contributed by atoms with E-state index in [0.29, 0.717) is 47.3 Å². The van der Waals surface area contributed by atoms with Crippen LogP contribution >= 0.6 is 0 Å². The molecule has 0 amide bonds. The molecule has 4 heteroatoms. The predicted molar refractivity (Wildman–Crippen MR) is 407 cm³/mol. The quantitative estimate of drug-likeness (QED) is 0.121. The lowest BCUT2D eigenvalue weighted by Gasteiger charge is -2.14. The van der Waals surface area contributed by atoms with Crippen molar-refractivity contribution in [3.05, 3.63) is 262 Å². The van der Waals surface area contributed by atoms with Gasteiger partial charge < -0.3 is 9.47 Å². The molecule has 0 radical (unpaired) electrons. The summed E-state index contributed by atoms with van der Waals surface area (Å²) in [4.78, 5) is 15.2. The number of benzene rings is 7. The zero-order chi connectivity index (χ0) is 70.4. The molecule has 0 atom stereocenters. The summed E-state index contributed by atoms with van der Waals surface area (Å²) in [6, 6.07) is 45.4. The Balaban J connectivity index is 0.000000527. The van der Waals surface area contributed by atoms with Crippen molar-refractivity contribution < 1.29 is 14.3 Å². The number of carbonyl (C=O) groups is 1. The fourth-order valence-corrected chi connectivity index (χ4v) is 10.3. The van der Waals surface area contributed by atoms with Gasteiger partial charge in [0.2, 0.25) is 0 Å². The minimum atomic E-state index is 0.153. The van der Waals surface area contributed by atoms with Gasteiger partial charge in [-0.05, 0) is 269 Å². The van der Waals surface area contributed by atoms with Crippen LogP contribution < -0.4 is 9.47 Å². The molecule has 502 valence electrons. The largest absolute Gasteiger partial charge is 0.496 e. The van der Waals surface area contributed by atoms with E-state index in [1.165, 1.54) is 111 Å². The molecule has 0 bridgehead atoms. The van der Waals surface area contributed by atoms with E-state index in [9.17, 15) is 4.79 Å². The number of pyridine rings is 1. The molecule has 0 N–H and O–H groups in total. The lowest BCUT2D eigenvalue weighted by molar-refractivity contribution is 0.101. The Labute approximate surface area is 564 Å². The first-order valence-electron chi connectivity index (χ1n) is 34.0. The van der Waals surface area contributed by atoms with Gasteiger partial charge in [0.05, 0.1) is 14.2 Å². The van der Waals surface area contributed by atoms with E-state index >= 15 is 0 Å². The Bertz CT molecular complexity index is 3400. The first-order valence-corrected chi connectivity index (χ1v) is 34.0. The summed E-state index contributed by atoms with van der Waals surface area (Å²) in [6.45, 7) is 64.7. The summed E-state index contributed by atoms with van der Waals surface area (Å²) in [5.41, 5.74) is 29.4. The predicted octanol–water partition coefficient (Wildman–Crippen LogP) is 26.1. The van der Waals surface area contributed by atoms with Crippen LogP contribution in [0.2, 0.25) is 0 Å². The van der Waals surface area contributed by atoms with Gasteiger partial charge in [-0.25, -0.2) is 0 Å². The second-order valence-electron chi connectivity index (χ2n) is 27.9. The van der Waals surface area contributed by atoms with Crippen LogP contribution in [0.3, 0.4) is 0 Å². The van der Waals surface area contributed by atoms with E-state index in [-0.39, 0.29) is 5.78 Å². The molecule has 0 unspecified atom stereocenters. The summed E-state index contributed by atoms with van der Waals surface area (Å²) in [5, 5.41) is 0. The summed E-state index contributed by atoms with van der Waals surface area (Å²) in [7, 11) is 3.45. The molecule has 0 spiro atoms. The van der Waals surface area contributed by atoms with Gasteiger partial charge in [0.15, 0.2) is 5.78 Å². The number of Topliss-reactive ketones (excluding diaryl/α,β-unsaturated/α-hetero) is 1. The average molecular weight is 1250 g/mol. The fourth-order valence-electron chi connectivity index (χ4n) is 10.3. The van der Waals surface area contributed by atoms with Crippen LogP contribution in [-0.2, 0) is 0 Å². The van der Waals surface area contributed by atoms with E-state index in [1.807, 2.05) is 37.4 Å². The number of rotatable bonds is 11. The van der Waals surface area contributed by atoms with Crippen LogP contribution in [0, 0.1) is 90.0 Å². The Hall–Kier alpha value is -7.04. The highest BCUT2D eigenvalue weighted by molar-refractivity contribution is 5.95. The number of methoxy groups -OCH3 is 2. The number of aromatic nitrogens is 1. The maximum Gasteiger partial charge on any atom is 0.160 e. The van der Waals surface area contributed by atoms with Crippen LogP contribution in [0.5, 0.6) is 11.5 Å². The van der Waals surface area contributed by atoms with Crippen LogP contribution in [0.4, 0.5) is 0 Å². The average Bonchev–Trinajstić information content (AvgIpc) is 0.937. The van der Waals surface area contributed by atoms with E-state index < -0.39 is 0 Å². The highest BCUT2D eigenvalue weighted by atomic mass is 16.5. The molecular weight excluding hydrogens is 1120 g/mol. The van der Waals surface area contributed by atoms with Crippen molar-refractivity contribution in [1.29, 1.82) is 0 Å². The number of ketones is 1. The highest BCUT2D eigenvalue weighted by Gasteiger charge is 2.11. The molecule has 0 fully saturated rings. The summed E-state index contributed by atoms with van der Waals surface area (Å²) in [5.74, 6) is 6.88. The second kappa shape index (κ2) is 41.5. The maximum atomic E-state index is 11.2. The van der Waals surface area contributed by atoms with Crippen LogP contribution in [0.15, 0.2) is 140 Å². The molecule has 7 aromatic carbocycles. The minimum Gasteiger partial charge on any atom is -0.496 e. The van der Waals surface area contributed by atoms with Crippen LogP contribution in [-0.4, -0.2) is 25.0 Å². The Morgan fingerprint density at radius 3 is 1.02 bits per heavy atom.